The first-order valence-corrected chi connectivity index (χ1v) is 4.78. The highest BCUT2D eigenvalue weighted by Gasteiger charge is 2.02. The third-order valence-corrected chi connectivity index (χ3v) is 2.15. The monoisotopic (exact) mass is 226 g/mol. The van der Waals surface area contributed by atoms with Crippen molar-refractivity contribution in [1.82, 2.24) is 9.55 Å². The molecule has 0 radical (unpaired) electrons. The average Bonchev–Trinajstić information content (AvgIpc) is 2.25. The zero-order valence-corrected chi connectivity index (χ0v) is 8.93. The number of hydrogen-bond donors (Lipinski definition) is 3. The largest absolute Gasteiger partial charge is 0.392 e. The molecule has 88 valence electrons. The molecular weight excluding hydrogens is 212 g/mol. The summed E-state index contributed by atoms with van der Waals surface area (Å²) in [5, 5.41) is 17.6. The van der Waals surface area contributed by atoms with Crippen molar-refractivity contribution in [3.05, 3.63) is 44.2 Å². The summed E-state index contributed by atoms with van der Waals surface area (Å²) in [7, 11) is 0. The molecule has 3 N–H and O–H groups in total. The topological polar surface area (TPSA) is 95.3 Å². The van der Waals surface area contributed by atoms with E-state index in [-0.39, 0.29) is 19.8 Å². The first-order valence-electron chi connectivity index (χ1n) is 4.78. The van der Waals surface area contributed by atoms with Gasteiger partial charge in [-0.15, -0.1) is 0 Å². The predicted octanol–water partition coefficient (Wildman–Crippen LogP) is -1.24. The van der Waals surface area contributed by atoms with Crippen molar-refractivity contribution in [3.8, 4) is 0 Å². The second-order valence-corrected chi connectivity index (χ2v) is 3.40. The van der Waals surface area contributed by atoms with Gasteiger partial charge in [-0.25, -0.2) is 4.79 Å². The van der Waals surface area contributed by atoms with Crippen molar-refractivity contribution in [2.24, 2.45) is 0 Å². The van der Waals surface area contributed by atoms with Gasteiger partial charge in [0.25, 0.3) is 5.56 Å². The molecule has 6 heteroatoms. The highest BCUT2D eigenvalue weighted by Crippen LogP contribution is 1.96. The van der Waals surface area contributed by atoms with Crippen LogP contribution >= 0.6 is 0 Å². The number of rotatable bonds is 4. The molecule has 0 aliphatic rings. The zero-order chi connectivity index (χ0) is 12.1. The van der Waals surface area contributed by atoms with E-state index < -0.39 is 11.2 Å². The van der Waals surface area contributed by atoms with Crippen molar-refractivity contribution < 1.29 is 10.2 Å². The average molecular weight is 226 g/mol. The number of nitrogens with zero attached hydrogens (tertiary/aromatic N) is 1. The third kappa shape index (κ3) is 2.91. The summed E-state index contributed by atoms with van der Waals surface area (Å²) in [5.41, 5.74) is -0.0252. The Morgan fingerprint density at radius 2 is 2.19 bits per heavy atom. The summed E-state index contributed by atoms with van der Waals surface area (Å²) in [4.78, 5) is 24.6. The molecule has 1 aromatic rings. The van der Waals surface area contributed by atoms with Gasteiger partial charge in [-0.2, -0.15) is 0 Å². The molecule has 1 heterocycles. The van der Waals surface area contributed by atoms with Crippen molar-refractivity contribution in [2.75, 3.05) is 13.2 Å². The summed E-state index contributed by atoms with van der Waals surface area (Å²) >= 11 is 0. The Hall–Kier alpha value is -1.66. The molecule has 0 aliphatic heterocycles. The van der Waals surface area contributed by atoms with Gasteiger partial charge in [0.2, 0.25) is 0 Å². The van der Waals surface area contributed by atoms with E-state index >= 15 is 0 Å². The van der Waals surface area contributed by atoms with Gasteiger partial charge in [-0.1, -0.05) is 6.08 Å². The molecule has 16 heavy (non-hydrogen) atoms. The number of aryl methyl sites for hydroxylation is 1. The van der Waals surface area contributed by atoms with Crippen LogP contribution in [0.5, 0.6) is 0 Å². The van der Waals surface area contributed by atoms with Gasteiger partial charge in [-0.3, -0.25) is 14.3 Å². The number of aliphatic hydroxyl groups is 2. The standard InChI is InChI=1S/C10H14N2O4/c1-7-4-12(10(16)11-9(7)15)5-8(6-14)2-3-13/h2,4,13-14H,3,5-6H2,1H3,(H,11,15,16)/b8-2+. The van der Waals surface area contributed by atoms with Crippen LogP contribution in [0.1, 0.15) is 5.56 Å². The van der Waals surface area contributed by atoms with E-state index in [0.29, 0.717) is 11.1 Å². The minimum atomic E-state index is -0.534. The second kappa shape index (κ2) is 5.43. The molecule has 1 rings (SSSR count). The van der Waals surface area contributed by atoms with Crippen LogP contribution in [0.4, 0.5) is 0 Å². The Balaban J connectivity index is 3.06. The van der Waals surface area contributed by atoms with Crippen LogP contribution in [0.2, 0.25) is 0 Å². The van der Waals surface area contributed by atoms with Gasteiger partial charge < -0.3 is 10.2 Å². The number of aromatic amines is 1. The summed E-state index contributed by atoms with van der Waals surface area (Å²) in [6, 6.07) is 0. The van der Waals surface area contributed by atoms with Crippen molar-refractivity contribution >= 4 is 0 Å². The molecule has 0 bridgehead atoms. The lowest BCUT2D eigenvalue weighted by molar-refractivity contribution is 0.313. The summed E-state index contributed by atoms with van der Waals surface area (Å²) in [5.74, 6) is 0. The molecule has 0 aliphatic carbocycles. The molecule has 0 saturated carbocycles. The SMILES string of the molecule is Cc1cn(C/C(=C\CO)CO)c(=O)[nH]c1=O. The van der Waals surface area contributed by atoms with Gasteiger partial charge in [0.1, 0.15) is 0 Å². The number of H-pyrrole nitrogens is 1. The van der Waals surface area contributed by atoms with Crippen molar-refractivity contribution in [2.45, 2.75) is 13.5 Å². The van der Waals surface area contributed by atoms with Crippen molar-refractivity contribution in [3.63, 3.8) is 0 Å². The number of hydrogen-bond acceptors (Lipinski definition) is 4. The number of nitrogens with one attached hydrogen (secondary N) is 1. The van der Waals surface area contributed by atoms with Gasteiger partial charge >= 0.3 is 5.69 Å². The molecule has 0 unspecified atom stereocenters. The van der Waals surface area contributed by atoms with E-state index in [1.54, 1.807) is 6.92 Å². The van der Waals surface area contributed by atoms with Crippen LogP contribution < -0.4 is 11.2 Å². The summed E-state index contributed by atoms with van der Waals surface area (Å²) in [6.45, 7) is 1.29. The van der Waals surface area contributed by atoms with Gasteiger partial charge in [0.15, 0.2) is 0 Å². The van der Waals surface area contributed by atoms with Crippen molar-refractivity contribution in [1.29, 1.82) is 0 Å². The smallest absolute Gasteiger partial charge is 0.328 e. The van der Waals surface area contributed by atoms with Gasteiger partial charge in [-0.05, 0) is 12.5 Å². The molecular formula is C10H14N2O4. The lowest BCUT2D eigenvalue weighted by Gasteiger charge is -2.07. The molecule has 0 spiro atoms. The first kappa shape index (κ1) is 12.4. The normalized spacial score (nSPS) is 11.8. The van der Waals surface area contributed by atoms with Crippen LogP contribution in [0.3, 0.4) is 0 Å². The molecule has 0 atom stereocenters. The Kier molecular flexibility index (Phi) is 4.21. The molecule has 6 nitrogen and oxygen atoms in total. The highest BCUT2D eigenvalue weighted by molar-refractivity contribution is 5.06. The van der Waals surface area contributed by atoms with Crippen LogP contribution in [-0.4, -0.2) is 33.0 Å². The van der Waals surface area contributed by atoms with Crippen LogP contribution in [-0.2, 0) is 6.54 Å². The van der Waals surface area contributed by atoms with Crippen LogP contribution in [0, 0.1) is 6.92 Å². The fourth-order valence-electron chi connectivity index (χ4n) is 1.26. The minimum absolute atomic E-state index is 0.146. The lowest BCUT2D eigenvalue weighted by atomic mass is 10.2. The fraction of sp³-hybridized carbons (Fsp3) is 0.400. The predicted molar refractivity (Wildman–Crippen MR) is 58.3 cm³/mol. The molecule has 0 amide bonds. The zero-order valence-electron chi connectivity index (χ0n) is 8.93. The summed E-state index contributed by atoms with van der Waals surface area (Å²) in [6.07, 6.45) is 2.84. The Morgan fingerprint density at radius 3 is 2.75 bits per heavy atom. The lowest BCUT2D eigenvalue weighted by Crippen LogP contribution is -2.31. The molecule has 1 aromatic heterocycles. The maximum absolute atomic E-state index is 11.4. The fourth-order valence-corrected chi connectivity index (χ4v) is 1.26. The highest BCUT2D eigenvalue weighted by atomic mass is 16.3. The van der Waals surface area contributed by atoms with E-state index in [1.807, 2.05) is 0 Å². The van der Waals surface area contributed by atoms with E-state index in [0.717, 1.165) is 0 Å². The number of aromatic nitrogens is 2. The second-order valence-electron chi connectivity index (χ2n) is 3.40. The molecule has 0 fully saturated rings. The van der Waals surface area contributed by atoms with Crippen LogP contribution in [0.25, 0.3) is 0 Å². The Labute approximate surface area is 91.5 Å². The van der Waals surface area contributed by atoms with E-state index in [4.69, 9.17) is 10.2 Å². The van der Waals surface area contributed by atoms with E-state index in [9.17, 15) is 9.59 Å². The van der Waals surface area contributed by atoms with Gasteiger partial charge in [0.05, 0.1) is 19.8 Å². The van der Waals surface area contributed by atoms with E-state index in [2.05, 4.69) is 4.98 Å². The van der Waals surface area contributed by atoms with Gasteiger partial charge in [0, 0.05) is 11.8 Å². The third-order valence-electron chi connectivity index (χ3n) is 2.15. The quantitative estimate of drug-likeness (QED) is 0.559. The minimum Gasteiger partial charge on any atom is -0.392 e. The van der Waals surface area contributed by atoms with Crippen LogP contribution in [0.15, 0.2) is 27.4 Å². The molecule has 0 aromatic carbocycles. The Morgan fingerprint density at radius 1 is 1.50 bits per heavy atom. The summed E-state index contributed by atoms with van der Waals surface area (Å²) < 4.78 is 1.27. The number of aliphatic hydroxyl groups excluding tert-OH is 2. The maximum Gasteiger partial charge on any atom is 0.328 e. The molecule has 0 saturated heterocycles. The maximum atomic E-state index is 11.4. The Bertz CT molecular complexity index is 498. The van der Waals surface area contributed by atoms with E-state index in [1.165, 1.54) is 16.8 Å². The first-order chi connectivity index (χ1) is 7.58.